The van der Waals surface area contributed by atoms with Crippen molar-refractivity contribution in [1.29, 1.82) is 0 Å². The van der Waals surface area contributed by atoms with E-state index in [9.17, 15) is 0 Å². The lowest BCUT2D eigenvalue weighted by molar-refractivity contribution is 0.193. The summed E-state index contributed by atoms with van der Waals surface area (Å²) in [6.07, 6.45) is 1.03. The van der Waals surface area contributed by atoms with Crippen molar-refractivity contribution in [3.63, 3.8) is 0 Å². The first-order valence-electron chi connectivity index (χ1n) is 5.61. The summed E-state index contributed by atoms with van der Waals surface area (Å²) in [6, 6.07) is 8.03. The molecule has 1 fully saturated rings. The van der Waals surface area contributed by atoms with E-state index in [1.165, 1.54) is 0 Å². The van der Waals surface area contributed by atoms with Gasteiger partial charge in [0.25, 0.3) is 0 Å². The van der Waals surface area contributed by atoms with Crippen molar-refractivity contribution in [2.45, 2.75) is 12.5 Å². The van der Waals surface area contributed by atoms with Gasteiger partial charge in [0.2, 0.25) is 0 Å². The van der Waals surface area contributed by atoms with Crippen LogP contribution in [-0.4, -0.2) is 37.3 Å². The molecule has 1 aliphatic heterocycles. The highest BCUT2D eigenvalue weighted by Gasteiger charge is 2.20. The maximum Gasteiger partial charge on any atom is 0.170 e. The lowest BCUT2D eigenvalue weighted by atomic mass is 10.1. The highest BCUT2D eigenvalue weighted by Crippen LogP contribution is 2.21. The van der Waals surface area contributed by atoms with Crippen molar-refractivity contribution in [3.8, 4) is 0 Å². The van der Waals surface area contributed by atoms with Gasteiger partial charge in [-0.3, -0.25) is 0 Å². The van der Waals surface area contributed by atoms with Gasteiger partial charge in [-0.25, -0.2) is 0 Å². The van der Waals surface area contributed by atoms with Crippen LogP contribution < -0.4 is 10.6 Å². The molecule has 92 valence electrons. The molecule has 0 spiro atoms. The number of rotatable bonds is 3. The minimum atomic E-state index is 0.128. The van der Waals surface area contributed by atoms with Crippen LogP contribution in [0.4, 0.5) is 5.69 Å². The topological polar surface area (TPSA) is 71.1 Å². The molecule has 1 saturated heterocycles. The molecule has 0 bridgehead atoms. The van der Waals surface area contributed by atoms with Gasteiger partial charge in [-0.2, -0.15) is 0 Å². The lowest BCUT2D eigenvalue weighted by Crippen LogP contribution is -2.31. The number of likely N-dealkylation sites (N-methyl/N-ethyl adjacent to an activating group) is 1. The number of nitrogens with zero attached hydrogens (tertiary/aromatic N) is 2. The Labute approximate surface area is 100 Å². The summed E-state index contributed by atoms with van der Waals surface area (Å²) in [6.45, 7) is 1.57. The van der Waals surface area contributed by atoms with Gasteiger partial charge < -0.3 is 20.6 Å². The molecule has 1 atom stereocenters. The monoisotopic (exact) mass is 235 g/mol. The van der Waals surface area contributed by atoms with Gasteiger partial charge in [0.05, 0.1) is 12.6 Å². The second kappa shape index (κ2) is 5.05. The van der Waals surface area contributed by atoms with E-state index in [1.54, 1.807) is 0 Å². The van der Waals surface area contributed by atoms with Gasteiger partial charge in [0.1, 0.15) is 0 Å². The standard InChI is InChI=1S/C12H17N3O2/c1-15(11-5-6-17-8-11)10-4-2-3-9(7-10)12(13)14-16/h2-4,7,11,16H,5-6,8H2,1H3,(H2,13,14). The first-order valence-corrected chi connectivity index (χ1v) is 5.61. The molecule has 5 heteroatoms. The normalized spacial score (nSPS) is 20.5. The molecule has 1 aliphatic rings. The summed E-state index contributed by atoms with van der Waals surface area (Å²) < 4.78 is 5.37. The zero-order valence-electron chi connectivity index (χ0n) is 9.84. The molecule has 1 aromatic carbocycles. The molecule has 1 heterocycles. The van der Waals surface area contributed by atoms with Crippen LogP contribution in [0.1, 0.15) is 12.0 Å². The fourth-order valence-corrected chi connectivity index (χ4v) is 1.98. The van der Waals surface area contributed by atoms with Crippen molar-refractivity contribution in [2.24, 2.45) is 10.9 Å². The zero-order chi connectivity index (χ0) is 12.3. The Balaban J connectivity index is 2.20. The van der Waals surface area contributed by atoms with Crippen molar-refractivity contribution in [2.75, 3.05) is 25.2 Å². The van der Waals surface area contributed by atoms with Crippen LogP contribution in [0.3, 0.4) is 0 Å². The van der Waals surface area contributed by atoms with Crippen LogP contribution in [0.2, 0.25) is 0 Å². The van der Waals surface area contributed by atoms with E-state index in [4.69, 9.17) is 15.7 Å². The van der Waals surface area contributed by atoms with E-state index >= 15 is 0 Å². The van der Waals surface area contributed by atoms with Gasteiger partial charge in [0.15, 0.2) is 5.84 Å². The molecule has 17 heavy (non-hydrogen) atoms. The summed E-state index contributed by atoms with van der Waals surface area (Å²) in [7, 11) is 2.03. The number of hydrogen-bond acceptors (Lipinski definition) is 4. The second-order valence-electron chi connectivity index (χ2n) is 4.16. The molecule has 0 saturated carbocycles. The average Bonchev–Trinajstić information content (AvgIpc) is 2.91. The van der Waals surface area contributed by atoms with Crippen LogP contribution in [0.5, 0.6) is 0 Å². The Hall–Kier alpha value is -1.75. The Bertz CT molecular complexity index is 414. The number of oxime groups is 1. The molecule has 0 aromatic heterocycles. The molecular formula is C12H17N3O2. The molecule has 0 radical (unpaired) electrons. The third-order valence-corrected chi connectivity index (χ3v) is 3.11. The van der Waals surface area contributed by atoms with E-state index in [-0.39, 0.29) is 5.84 Å². The highest BCUT2D eigenvalue weighted by atomic mass is 16.5. The molecule has 0 amide bonds. The van der Waals surface area contributed by atoms with Crippen LogP contribution in [0, 0.1) is 0 Å². The van der Waals surface area contributed by atoms with Crippen LogP contribution in [0.25, 0.3) is 0 Å². The molecule has 3 N–H and O–H groups in total. The summed E-state index contributed by atoms with van der Waals surface area (Å²) >= 11 is 0. The fraction of sp³-hybridized carbons (Fsp3) is 0.417. The third kappa shape index (κ3) is 2.50. The first kappa shape index (κ1) is 11.7. The highest BCUT2D eigenvalue weighted by molar-refractivity contribution is 5.97. The van der Waals surface area contributed by atoms with Crippen LogP contribution in [-0.2, 0) is 4.74 Å². The van der Waals surface area contributed by atoms with Gasteiger partial charge >= 0.3 is 0 Å². The molecule has 0 aliphatic carbocycles. The Morgan fingerprint density at radius 3 is 3.06 bits per heavy atom. The second-order valence-corrected chi connectivity index (χ2v) is 4.16. The Morgan fingerprint density at radius 2 is 2.41 bits per heavy atom. The number of benzene rings is 1. The van der Waals surface area contributed by atoms with Crippen LogP contribution >= 0.6 is 0 Å². The Morgan fingerprint density at radius 1 is 1.59 bits per heavy atom. The van der Waals surface area contributed by atoms with Gasteiger partial charge in [-0.05, 0) is 18.6 Å². The maximum atomic E-state index is 8.66. The summed E-state index contributed by atoms with van der Waals surface area (Å²) in [5.74, 6) is 0.128. The van der Waals surface area contributed by atoms with Crippen molar-refractivity contribution < 1.29 is 9.94 Å². The number of anilines is 1. The number of ether oxygens (including phenoxy) is 1. The predicted molar refractivity (Wildman–Crippen MR) is 66.6 cm³/mol. The fourth-order valence-electron chi connectivity index (χ4n) is 1.98. The molecular weight excluding hydrogens is 218 g/mol. The first-order chi connectivity index (χ1) is 8.22. The lowest BCUT2D eigenvalue weighted by Gasteiger charge is -2.25. The molecule has 1 unspecified atom stereocenters. The van der Waals surface area contributed by atoms with Crippen LogP contribution in [0.15, 0.2) is 29.4 Å². The van der Waals surface area contributed by atoms with E-state index < -0.39 is 0 Å². The Kier molecular flexibility index (Phi) is 3.49. The predicted octanol–water partition coefficient (Wildman–Crippen LogP) is 1.01. The number of nitrogens with two attached hydrogens (primary N) is 1. The number of hydrogen-bond donors (Lipinski definition) is 2. The third-order valence-electron chi connectivity index (χ3n) is 3.11. The molecule has 2 rings (SSSR count). The maximum absolute atomic E-state index is 8.66. The SMILES string of the molecule is CN(c1cccc(C(N)=NO)c1)C1CCOC1. The quantitative estimate of drug-likeness (QED) is 0.355. The average molecular weight is 235 g/mol. The van der Waals surface area contributed by atoms with Gasteiger partial charge in [-0.15, -0.1) is 0 Å². The summed E-state index contributed by atoms with van der Waals surface area (Å²) in [5, 5.41) is 11.7. The number of amidine groups is 1. The van der Waals surface area contributed by atoms with E-state index in [0.29, 0.717) is 6.04 Å². The smallest absolute Gasteiger partial charge is 0.170 e. The van der Waals surface area contributed by atoms with Crippen molar-refractivity contribution in [3.05, 3.63) is 29.8 Å². The molecule has 5 nitrogen and oxygen atoms in total. The summed E-state index contributed by atoms with van der Waals surface area (Å²) in [4.78, 5) is 2.17. The molecule has 1 aromatic rings. The van der Waals surface area contributed by atoms with E-state index in [0.717, 1.165) is 30.9 Å². The van der Waals surface area contributed by atoms with Gasteiger partial charge in [0, 0.05) is 24.9 Å². The van der Waals surface area contributed by atoms with Crippen molar-refractivity contribution in [1.82, 2.24) is 0 Å². The zero-order valence-corrected chi connectivity index (χ0v) is 9.84. The minimum absolute atomic E-state index is 0.128. The largest absolute Gasteiger partial charge is 0.409 e. The summed E-state index contributed by atoms with van der Waals surface area (Å²) in [5.41, 5.74) is 7.34. The van der Waals surface area contributed by atoms with Crippen molar-refractivity contribution >= 4 is 11.5 Å². The minimum Gasteiger partial charge on any atom is -0.409 e. The van der Waals surface area contributed by atoms with E-state index in [2.05, 4.69) is 10.1 Å². The van der Waals surface area contributed by atoms with Gasteiger partial charge in [-0.1, -0.05) is 17.3 Å². The van der Waals surface area contributed by atoms with E-state index in [1.807, 2.05) is 31.3 Å².